The van der Waals surface area contributed by atoms with Crippen molar-refractivity contribution in [2.24, 2.45) is 0 Å². The van der Waals surface area contributed by atoms with Gasteiger partial charge in [0.2, 0.25) is 0 Å². The molecule has 4 aromatic rings. The minimum absolute atomic E-state index is 0.0413. The molecule has 0 bridgehead atoms. The number of pyridine rings is 1. The van der Waals surface area contributed by atoms with Gasteiger partial charge in [-0.1, -0.05) is 29.5 Å². The number of para-hydroxylation sites is 1. The highest BCUT2D eigenvalue weighted by molar-refractivity contribution is 7.22. The van der Waals surface area contributed by atoms with E-state index >= 15 is 0 Å². The largest absolute Gasteiger partial charge is 0.345 e. The maximum absolute atomic E-state index is 4.84. The summed E-state index contributed by atoms with van der Waals surface area (Å²) in [6.45, 7) is 9.98. The van der Waals surface area contributed by atoms with E-state index in [9.17, 15) is 0 Å². The molecule has 0 aliphatic carbocycles. The number of piperazine rings is 1. The molecule has 1 saturated heterocycles. The Kier molecular flexibility index (Phi) is 5.15. The molecule has 4 heterocycles. The van der Waals surface area contributed by atoms with Crippen LogP contribution in [0.4, 0.5) is 5.13 Å². The van der Waals surface area contributed by atoms with Crippen LogP contribution >= 0.6 is 11.3 Å². The van der Waals surface area contributed by atoms with E-state index in [4.69, 9.17) is 4.98 Å². The average Bonchev–Trinajstić information content (AvgIpc) is 3.42. The van der Waals surface area contributed by atoms with Crippen molar-refractivity contribution in [1.29, 1.82) is 0 Å². The maximum Gasteiger partial charge on any atom is 0.186 e. The van der Waals surface area contributed by atoms with Crippen molar-refractivity contribution in [3.05, 3.63) is 60.2 Å². The van der Waals surface area contributed by atoms with Crippen molar-refractivity contribution < 1.29 is 0 Å². The van der Waals surface area contributed by atoms with Crippen LogP contribution in [-0.4, -0.2) is 61.3 Å². The van der Waals surface area contributed by atoms with Gasteiger partial charge < -0.3 is 4.90 Å². The zero-order chi connectivity index (χ0) is 21.4. The first-order chi connectivity index (χ1) is 15.0. The highest BCUT2D eigenvalue weighted by Gasteiger charge is 2.33. The zero-order valence-corrected chi connectivity index (χ0v) is 18.8. The van der Waals surface area contributed by atoms with Gasteiger partial charge >= 0.3 is 0 Å². The highest BCUT2D eigenvalue weighted by atomic mass is 32.1. The van der Waals surface area contributed by atoms with Gasteiger partial charge in [0, 0.05) is 38.6 Å². The van der Waals surface area contributed by atoms with Gasteiger partial charge in [0.15, 0.2) is 11.0 Å². The van der Waals surface area contributed by atoms with Gasteiger partial charge in [-0.15, -0.1) is 5.10 Å². The quantitative estimate of drug-likeness (QED) is 0.487. The molecule has 1 aliphatic rings. The molecule has 0 amide bonds. The zero-order valence-electron chi connectivity index (χ0n) is 18.0. The molecule has 1 aliphatic heterocycles. The Bertz CT molecular complexity index is 1120. The maximum atomic E-state index is 4.84. The second-order valence-electron chi connectivity index (χ2n) is 8.80. The lowest BCUT2D eigenvalue weighted by molar-refractivity contribution is 0.191. The van der Waals surface area contributed by atoms with Crippen molar-refractivity contribution in [2.75, 3.05) is 31.1 Å². The van der Waals surface area contributed by atoms with Crippen LogP contribution in [0.3, 0.4) is 0 Å². The second-order valence-corrected chi connectivity index (χ2v) is 9.80. The summed E-state index contributed by atoms with van der Waals surface area (Å²) in [6.07, 6.45) is 3.73. The Balaban J connectivity index is 1.42. The molecule has 3 aromatic heterocycles. The number of anilines is 1. The molecule has 0 unspecified atom stereocenters. The van der Waals surface area contributed by atoms with Crippen LogP contribution in [0.2, 0.25) is 0 Å². The third kappa shape index (κ3) is 3.90. The minimum Gasteiger partial charge on any atom is -0.345 e. The summed E-state index contributed by atoms with van der Waals surface area (Å²) in [7, 11) is 0. The second kappa shape index (κ2) is 7.97. The highest BCUT2D eigenvalue weighted by Crippen LogP contribution is 2.33. The Morgan fingerprint density at radius 3 is 2.52 bits per heavy atom. The van der Waals surface area contributed by atoms with E-state index in [1.807, 2.05) is 23.0 Å². The predicted molar refractivity (Wildman–Crippen MR) is 122 cm³/mol. The number of hydrogen-bond acceptors (Lipinski definition) is 8. The number of rotatable bonds is 4. The fourth-order valence-electron chi connectivity index (χ4n) is 4.07. The minimum atomic E-state index is -0.206. The first-order valence-electron chi connectivity index (χ1n) is 10.5. The van der Waals surface area contributed by atoms with Crippen LogP contribution in [0.25, 0.3) is 10.2 Å². The first-order valence-corrected chi connectivity index (χ1v) is 11.4. The van der Waals surface area contributed by atoms with Crippen molar-refractivity contribution in [3.63, 3.8) is 0 Å². The van der Waals surface area contributed by atoms with Crippen LogP contribution in [0.5, 0.6) is 0 Å². The van der Waals surface area contributed by atoms with Crippen molar-refractivity contribution in [3.8, 4) is 0 Å². The molecule has 0 spiro atoms. The number of tetrazole rings is 1. The number of thiazole rings is 1. The predicted octanol–water partition coefficient (Wildman–Crippen LogP) is 3.34. The normalized spacial score (nSPS) is 16.7. The van der Waals surface area contributed by atoms with E-state index < -0.39 is 0 Å². The Morgan fingerprint density at radius 1 is 1.00 bits per heavy atom. The summed E-state index contributed by atoms with van der Waals surface area (Å²) in [5.74, 6) is 0.855. The Morgan fingerprint density at radius 2 is 1.81 bits per heavy atom. The molecule has 1 aromatic carbocycles. The summed E-state index contributed by atoms with van der Waals surface area (Å²) < 4.78 is 3.17. The fourth-order valence-corrected chi connectivity index (χ4v) is 5.09. The number of fused-ring (bicyclic) bond motifs is 1. The number of benzene rings is 1. The summed E-state index contributed by atoms with van der Waals surface area (Å²) in [5.41, 5.74) is 1.97. The molecule has 8 nitrogen and oxygen atoms in total. The van der Waals surface area contributed by atoms with E-state index in [-0.39, 0.29) is 11.6 Å². The number of nitrogens with zero attached hydrogens (tertiary/aromatic N) is 8. The van der Waals surface area contributed by atoms with Crippen molar-refractivity contribution >= 4 is 26.7 Å². The van der Waals surface area contributed by atoms with Crippen LogP contribution < -0.4 is 4.90 Å². The monoisotopic (exact) mass is 434 g/mol. The van der Waals surface area contributed by atoms with Crippen LogP contribution in [0, 0.1) is 0 Å². The first kappa shape index (κ1) is 20.0. The molecule has 5 rings (SSSR count). The third-order valence-electron chi connectivity index (χ3n) is 5.61. The molecule has 1 atom stereocenters. The molecule has 9 heteroatoms. The van der Waals surface area contributed by atoms with Crippen LogP contribution in [0.15, 0.2) is 48.8 Å². The van der Waals surface area contributed by atoms with Gasteiger partial charge in [0.1, 0.15) is 0 Å². The molecule has 0 radical (unpaired) electrons. The van der Waals surface area contributed by atoms with Gasteiger partial charge in [-0.25, -0.2) is 9.67 Å². The molecule has 0 N–H and O–H groups in total. The smallest absolute Gasteiger partial charge is 0.186 e. The number of hydrogen-bond donors (Lipinski definition) is 0. The molecule has 0 saturated carbocycles. The van der Waals surface area contributed by atoms with Gasteiger partial charge in [0.05, 0.1) is 21.8 Å². The lowest BCUT2D eigenvalue weighted by Gasteiger charge is -2.39. The molecular formula is C22H26N8S. The molecule has 31 heavy (non-hydrogen) atoms. The lowest BCUT2D eigenvalue weighted by atomic mass is 10.0. The molecule has 1 fully saturated rings. The average molecular weight is 435 g/mol. The van der Waals surface area contributed by atoms with Gasteiger partial charge in [0.25, 0.3) is 0 Å². The topological polar surface area (TPSA) is 75.9 Å². The molecule has 160 valence electrons. The van der Waals surface area contributed by atoms with Gasteiger partial charge in [-0.2, -0.15) is 0 Å². The third-order valence-corrected chi connectivity index (χ3v) is 6.70. The Labute approximate surface area is 185 Å². The van der Waals surface area contributed by atoms with Crippen molar-refractivity contribution in [2.45, 2.75) is 32.4 Å². The van der Waals surface area contributed by atoms with E-state index in [2.05, 4.69) is 75.3 Å². The van der Waals surface area contributed by atoms with Crippen molar-refractivity contribution in [1.82, 2.24) is 35.1 Å². The fraction of sp³-hybridized carbons (Fsp3) is 0.409. The summed E-state index contributed by atoms with van der Waals surface area (Å²) in [4.78, 5) is 14.0. The SMILES string of the molecule is CC(C)(C)n1nnnc1[C@H](c1cccnc1)N1CCN(c2nc3ccccc3s2)CC1. The molecular weight excluding hydrogens is 408 g/mol. The van der Waals surface area contributed by atoms with E-state index in [0.29, 0.717) is 0 Å². The van der Waals surface area contributed by atoms with E-state index in [1.54, 1.807) is 17.5 Å². The van der Waals surface area contributed by atoms with Gasteiger partial charge in [-0.05, 0) is 55.0 Å². The standard InChI is InChI=1S/C22H26N8S/c1-22(2,3)30-20(25-26-27-30)19(16-7-6-10-23-15-16)28-11-13-29(14-12-28)21-24-17-8-4-5-9-18(17)31-21/h4-10,15,19H,11-14H2,1-3H3/t19-/m0/s1. The van der Waals surface area contributed by atoms with Crippen LogP contribution in [-0.2, 0) is 5.54 Å². The summed E-state index contributed by atoms with van der Waals surface area (Å²) in [6, 6.07) is 12.4. The number of aromatic nitrogens is 6. The Hall–Kier alpha value is -2.91. The summed E-state index contributed by atoms with van der Waals surface area (Å²) >= 11 is 1.76. The van der Waals surface area contributed by atoms with E-state index in [1.165, 1.54) is 4.70 Å². The summed E-state index contributed by atoms with van der Waals surface area (Å²) in [5, 5.41) is 13.9. The van der Waals surface area contributed by atoms with E-state index in [0.717, 1.165) is 48.2 Å². The van der Waals surface area contributed by atoms with Crippen LogP contribution in [0.1, 0.15) is 38.2 Å². The lowest BCUT2D eigenvalue weighted by Crippen LogP contribution is -2.48. The van der Waals surface area contributed by atoms with Gasteiger partial charge in [-0.3, -0.25) is 9.88 Å².